The maximum Gasteiger partial charge on any atom is 0.265 e. The summed E-state index contributed by atoms with van der Waals surface area (Å²) in [6.45, 7) is 1.94. The summed E-state index contributed by atoms with van der Waals surface area (Å²) in [5.74, 6) is -0.544. The molecule has 3 aromatic rings. The third-order valence-corrected chi connectivity index (χ3v) is 5.73. The van der Waals surface area contributed by atoms with Gasteiger partial charge in [-0.2, -0.15) is 0 Å². The van der Waals surface area contributed by atoms with Gasteiger partial charge in [0.15, 0.2) is 0 Å². The van der Waals surface area contributed by atoms with Gasteiger partial charge in [-0.1, -0.05) is 33.6 Å². The summed E-state index contributed by atoms with van der Waals surface area (Å²) in [5.41, 5.74) is 2.50. The highest BCUT2D eigenvalue weighted by molar-refractivity contribution is 9.10. The van der Waals surface area contributed by atoms with Crippen LogP contribution in [-0.4, -0.2) is 11.8 Å². The fourth-order valence-electron chi connectivity index (χ4n) is 2.28. The highest BCUT2D eigenvalue weighted by atomic mass is 79.9. The standard InChI is InChI=1S/C19H14BrClN2O2S/c1-11-9-13(5-6-14(11)20)22-18(24)12-4-7-15(21)16(10-12)23-19(25)17-3-2-8-26-17/h2-10H,1H3,(H,22,24)(H,23,25). The lowest BCUT2D eigenvalue weighted by molar-refractivity contribution is 0.101. The number of benzene rings is 2. The second-order valence-corrected chi connectivity index (χ2v) is 7.75. The van der Waals surface area contributed by atoms with Gasteiger partial charge in [-0.05, 0) is 60.3 Å². The number of amides is 2. The van der Waals surface area contributed by atoms with E-state index in [1.807, 2.05) is 30.5 Å². The van der Waals surface area contributed by atoms with E-state index in [1.54, 1.807) is 30.3 Å². The molecule has 3 rings (SSSR count). The molecule has 132 valence electrons. The largest absolute Gasteiger partial charge is 0.322 e. The van der Waals surface area contributed by atoms with E-state index < -0.39 is 0 Å². The van der Waals surface area contributed by atoms with E-state index in [0.717, 1.165) is 10.0 Å². The number of hydrogen-bond acceptors (Lipinski definition) is 3. The van der Waals surface area contributed by atoms with Crippen LogP contribution in [0, 0.1) is 6.92 Å². The van der Waals surface area contributed by atoms with Gasteiger partial charge in [0.25, 0.3) is 11.8 Å². The molecule has 0 bridgehead atoms. The fourth-order valence-corrected chi connectivity index (χ4v) is 3.31. The zero-order valence-electron chi connectivity index (χ0n) is 13.7. The Morgan fingerprint density at radius 2 is 1.85 bits per heavy atom. The third kappa shape index (κ3) is 4.33. The minimum absolute atomic E-state index is 0.261. The Balaban J connectivity index is 1.78. The van der Waals surface area contributed by atoms with E-state index in [1.165, 1.54) is 11.3 Å². The molecule has 0 fully saturated rings. The molecule has 4 nitrogen and oxygen atoms in total. The Labute approximate surface area is 168 Å². The number of anilines is 2. The number of carbonyl (C=O) groups excluding carboxylic acids is 2. The minimum Gasteiger partial charge on any atom is -0.322 e. The molecule has 0 spiro atoms. The fraction of sp³-hybridized carbons (Fsp3) is 0.0526. The zero-order chi connectivity index (χ0) is 18.7. The SMILES string of the molecule is Cc1cc(NC(=O)c2ccc(Cl)c(NC(=O)c3cccs3)c2)ccc1Br. The van der Waals surface area contributed by atoms with Crippen molar-refractivity contribution in [3.63, 3.8) is 0 Å². The molecule has 7 heteroatoms. The molecule has 0 unspecified atom stereocenters. The summed E-state index contributed by atoms with van der Waals surface area (Å²) in [4.78, 5) is 25.3. The summed E-state index contributed by atoms with van der Waals surface area (Å²) in [7, 11) is 0. The van der Waals surface area contributed by atoms with Crippen LogP contribution in [0.3, 0.4) is 0 Å². The molecular formula is C19H14BrClN2O2S. The molecule has 2 aromatic carbocycles. The molecule has 1 heterocycles. The smallest absolute Gasteiger partial charge is 0.265 e. The van der Waals surface area contributed by atoms with Gasteiger partial charge in [0, 0.05) is 15.7 Å². The van der Waals surface area contributed by atoms with Crippen molar-refractivity contribution in [1.29, 1.82) is 0 Å². The lowest BCUT2D eigenvalue weighted by Gasteiger charge is -2.10. The summed E-state index contributed by atoms with van der Waals surface area (Å²) >= 11 is 10.9. The normalized spacial score (nSPS) is 10.4. The zero-order valence-corrected chi connectivity index (χ0v) is 16.8. The van der Waals surface area contributed by atoms with Crippen LogP contribution in [-0.2, 0) is 0 Å². The summed E-state index contributed by atoms with van der Waals surface area (Å²) in [5, 5.41) is 7.77. The second-order valence-electron chi connectivity index (χ2n) is 5.54. The minimum atomic E-state index is -0.282. The Morgan fingerprint density at radius 1 is 1.04 bits per heavy atom. The predicted octanol–water partition coefficient (Wildman–Crippen LogP) is 5.98. The maximum absolute atomic E-state index is 12.5. The summed E-state index contributed by atoms with van der Waals surface area (Å²) < 4.78 is 0.973. The van der Waals surface area contributed by atoms with E-state index in [-0.39, 0.29) is 11.8 Å². The first-order valence-electron chi connectivity index (χ1n) is 7.66. The Hall–Kier alpha value is -2.15. The van der Waals surface area contributed by atoms with Crippen molar-refractivity contribution < 1.29 is 9.59 Å². The van der Waals surface area contributed by atoms with Crippen LogP contribution in [0.15, 0.2) is 58.4 Å². The topological polar surface area (TPSA) is 58.2 Å². The van der Waals surface area contributed by atoms with Gasteiger partial charge < -0.3 is 10.6 Å². The predicted molar refractivity (Wildman–Crippen MR) is 111 cm³/mol. The van der Waals surface area contributed by atoms with Crippen molar-refractivity contribution in [3.05, 3.63) is 79.4 Å². The first-order chi connectivity index (χ1) is 12.4. The first kappa shape index (κ1) is 18.6. The van der Waals surface area contributed by atoms with Gasteiger partial charge in [0.1, 0.15) is 0 Å². The van der Waals surface area contributed by atoms with E-state index >= 15 is 0 Å². The molecule has 0 saturated heterocycles. The number of carbonyl (C=O) groups is 2. The monoisotopic (exact) mass is 448 g/mol. The molecule has 0 radical (unpaired) electrons. The summed E-state index contributed by atoms with van der Waals surface area (Å²) in [6.07, 6.45) is 0. The van der Waals surface area contributed by atoms with Gasteiger partial charge in [-0.25, -0.2) is 0 Å². The van der Waals surface area contributed by atoms with E-state index in [9.17, 15) is 9.59 Å². The van der Waals surface area contributed by atoms with Gasteiger partial charge in [-0.3, -0.25) is 9.59 Å². The van der Waals surface area contributed by atoms with Crippen molar-refractivity contribution >= 4 is 62.1 Å². The number of thiophene rings is 1. The average Bonchev–Trinajstić information content (AvgIpc) is 3.15. The van der Waals surface area contributed by atoms with Crippen molar-refractivity contribution in [2.24, 2.45) is 0 Å². The van der Waals surface area contributed by atoms with E-state index in [4.69, 9.17) is 11.6 Å². The van der Waals surface area contributed by atoms with Gasteiger partial charge in [0.05, 0.1) is 15.6 Å². The van der Waals surface area contributed by atoms with Gasteiger partial charge >= 0.3 is 0 Å². The van der Waals surface area contributed by atoms with Crippen molar-refractivity contribution in [2.75, 3.05) is 10.6 Å². The molecule has 0 aliphatic carbocycles. The van der Waals surface area contributed by atoms with Crippen LogP contribution >= 0.6 is 38.9 Å². The molecular weight excluding hydrogens is 436 g/mol. The molecule has 0 aliphatic rings. The Kier molecular flexibility index (Phi) is 5.76. The van der Waals surface area contributed by atoms with E-state index in [0.29, 0.717) is 26.8 Å². The lowest BCUT2D eigenvalue weighted by Crippen LogP contribution is -2.14. The van der Waals surface area contributed by atoms with Crippen LogP contribution < -0.4 is 10.6 Å². The number of rotatable bonds is 4. The van der Waals surface area contributed by atoms with Crippen LogP contribution in [0.4, 0.5) is 11.4 Å². The van der Waals surface area contributed by atoms with Gasteiger partial charge in [-0.15, -0.1) is 11.3 Å². The van der Waals surface area contributed by atoms with Crippen molar-refractivity contribution in [1.82, 2.24) is 0 Å². The van der Waals surface area contributed by atoms with Crippen molar-refractivity contribution in [2.45, 2.75) is 6.92 Å². The number of halogens is 2. The highest BCUT2D eigenvalue weighted by Gasteiger charge is 2.13. The molecule has 2 N–H and O–H groups in total. The van der Waals surface area contributed by atoms with Crippen LogP contribution in [0.1, 0.15) is 25.6 Å². The van der Waals surface area contributed by atoms with Crippen LogP contribution in [0.2, 0.25) is 5.02 Å². The molecule has 0 saturated carbocycles. The number of nitrogens with one attached hydrogen (secondary N) is 2. The quantitative estimate of drug-likeness (QED) is 0.515. The Bertz CT molecular complexity index is 974. The molecule has 0 atom stereocenters. The van der Waals surface area contributed by atoms with Gasteiger partial charge in [0.2, 0.25) is 0 Å². The molecule has 1 aromatic heterocycles. The van der Waals surface area contributed by atoms with Crippen LogP contribution in [0.5, 0.6) is 0 Å². The second kappa shape index (κ2) is 8.03. The molecule has 0 aliphatic heterocycles. The lowest BCUT2D eigenvalue weighted by atomic mass is 10.1. The third-order valence-electron chi connectivity index (χ3n) is 3.64. The van der Waals surface area contributed by atoms with Crippen molar-refractivity contribution in [3.8, 4) is 0 Å². The molecule has 26 heavy (non-hydrogen) atoms. The maximum atomic E-state index is 12.5. The average molecular weight is 450 g/mol. The molecule has 2 amide bonds. The van der Waals surface area contributed by atoms with E-state index in [2.05, 4.69) is 26.6 Å². The number of hydrogen-bond donors (Lipinski definition) is 2. The first-order valence-corrected chi connectivity index (χ1v) is 9.71. The summed E-state index contributed by atoms with van der Waals surface area (Å²) in [6, 6.07) is 13.8. The Morgan fingerprint density at radius 3 is 2.54 bits per heavy atom. The van der Waals surface area contributed by atoms with Crippen LogP contribution in [0.25, 0.3) is 0 Å². The highest BCUT2D eigenvalue weighted by Crippen LogP contribution is 2.25. The number of aryl methyl sites for hydroxylation is 1.